The molecule has 1 unspecified atom stereocenters. The Morgan fingerprint density at radius 2 is 2.09 bits per heavy atom. The van der Waals surface area contributed by atoms with Crippen molar-refractivity contribution < 1.29 is 18.7 Å². The van der Waals surface area contributed by atoms with Crippen LogP contribution in [0.15, 0.2) is 47.3 Å². The molecule has 0 spiro atoms. The summed E-state index contributed by atoms with van der Waals surface area (Å²) in [5.41, 5.74) is 7.22. The van der Waals surface area contributed by atoms with Crippen LogP contribution in [0.3, 0.4) is 0 Å². The Hall–Kier alpha value is -3.96. The van der Waals surface area contributed by atoms with Crippen LogP contribution in [0.5, 0.6) is 0 Å². The molecule has 0 radical (unpaired) electrons. The van der Waals surface area contributed by atoms with Gasteiger partial charge in [0.1, 0.15) is 12.0 Å². The molecule has 1 atom stereocenters. The van der Waals surface area contributed by atoms with Crippen molar-refractivity contribution in [1.82, 2.24) is 30.6 Å². The number of aryl methyl sites for hydroxylation is 1. The highest BCUT2D eigenvalue weighted by molar-refractivity contribution is 6.38. The van der Waals surface area contributed by atoms with Crippen LogP contribution in [0.4, 0.5) is 10.5 Å². The Kier molecular flexibility index (Phi) is 6.34. The van der Waals surface area contributed by atoms with Gasteiger partial charge in [-0.15, -0.1) is 0 Å². The zero-order valence-electron chi connectivity index (χ0n) is 18.7. The van der Waals surface area contributed by atoms with E-state index in [9.17, 15) is 9.59 Å². The number of hydrogen-bond acceptors (Lipinski definition) is 7. The van der Waals surface area contributed by atoms with Crippen LogP contribution in [0, 0.1) is 6.92 Å². The van der Waals surface area contributed by atoms with Crippen LogP contribution >= 0.6 is 11.6 Å². The molecule has 3 N–H and O–H groups in total. The van der Waals surface area contributed by atoms with E-state index in [0.29, 0.717) is 40.0 Å². The molecule has 3 amide bonds. The fourth-order valence-corrected chi connectivity index (χ4v) is 4.09. The standard InChI is InChI=1S/C23H22ClN7O4/c1-13-12-35-22(27-13)17-10-14(7-8-25-17)21(32)29-30-23(33)28-16-5-6-18-15(20(16)24)11-26-31(18)19-4-2-3-9-34-19/h5-8,10-12,19H,2-4,9H2,1H3,(H,29,32)(H2,28,30,33). The van der Waals surface area contributed by atoms with Crippen LogP contribution < -0.4 is 16.2 Å². The van der Waals surface area contributed by atoms with E-state index in [2.05, 4.69) is 31.2 Å². The van der Waals surface area contributed by atoms with Crippen LogP contribution in [-0.4, -0.2) is 38.3 Å². The predicted molar refractivity (Wildman–Crippen MR) is 128 cm³/mol. The molecule has 1 saturated heterocycles. The molecule has 4 aromatic rings. The summed E-state index contributed by atoms with van der Waals surface area (Å²) in [4.78, 5) is 33.3. The highest BCUT2D eigenvalue weighted by Gasteiger charge is 2.20. The van der Waals surface area contributed by atoms with E-state index in [1.54, 1.807) is 19.2 Å². The molecule has 0 bridgehead atoms. The first-order valence-electron chi connectivity index (χ1n) is 11.0. The van der Waals surface area contributed by atoms with E-state index in [1.165, 1.54) is 24.6 Å². The average Bonchev–Trinajstić information content (AvgIpc) is 3.52. The Balaban J connectivity index is 1.23. The number of rotatable bonds is 4. The Morgan fingerprint density at radius 1 is 1.20 bits per heavy atom. The summed E-state index contributed by atoms with van der Waals surface area (Å²) >= 11 is 6.53. The van der Waals surface area contributed by atoms with Gasteiger partial charge in [0.25, 0.3) is 5.91 Å². The van der Waals surface area contributed by atoms with Gasteiger partial charge in [-0.2, -0.15) is 5.10 Å². The average molecular weight is 496 g/mol. The second-order valence-electron chi connectivity index (χ2n) is 8.03. The highest BCUT2D eigenvalue weighted by Crippen LogP contribution is 2.33. The van der Waals surface area contributed by atoms with Gasteiger partial charge in [0, 0.05) is 23.8 Å². The molecule has 1 fully saturated rings. The maximum absolute atomic E-state index is 12.5. The van der Waals surface area contributed by atoms with Crippen molar-refractivity contribution in [1.29, 1.82) is 0 Å². The third kappa shape index (κ3) is 4.81. The molecule has 1 aliphatic rings. The lowest BCUT2D eigenvalue weighted by atomic mass is 10.2. The van der Waals surface area contributed by atoms with Gasteiger partial charge < -0.3 is 14.5 Å². The molecule has 0 saturated carbocycles. The Labute approximate surface area is 204 Å². The number of ether oxygens (including phenoxy) is 1. The van der Waals surface area contributed by atoms with Crippen LogP contribution in [0.1, 0.15) is 41.5 Å². The number of benzene rings is 1. The quantitative estimate of drug-likeness (QED) is 0.360. The number of fused-ring (bicyclic) bond motifs is 1. The smallest absolute Gasteiger partial charge is 0.337 e. The van der Waals surface area contributed by atoms with Gasteiger partial charge in [-0.25, -0.2) is 19.9 Å². The summed E-state index contributed by atoms with van der Waals surface area (Å²) in [6, 6.07) is 5.86. The van der Waals surface area contributed by atoms with Crippen LogP contribution in [0.25, 0.3) is 22.5 Å². The van der Waals surface area contributed by atoms with Gasteiger partial charge in [0.15, 0.2) is 6.23 Å². The SMILES string of the molecule is Cc1coc(-c2cc(C(=O)NNC(=O)Nc3ccc4c(cnn4C4CCCCO4)c3Cl)ccn2)n1. The van der Waals surface area contributed by atoms with Crippen molar-refractivity contribution in [3.8, 4) is 11.6 Å². The first kappa shape index (κ1) is 22.8. The van der Waals surface area contributed by atoms with E-state index in [0.717, 1.165) is 24.8 Å². The van der Waals surface area contributed by atoms with Gasteiger partial charge in [0.05, 0.1) is 28.1 Å². The zero-order chi connectivity index (χ0) is 24.4. The van der Waals surface area contributed by atoms with Crippen LogP contribution in [0.2, 0.25) is 5.02 Å². The summed E-state index contributed by atoms with van der Waals surface area (Å²) in [5.74, 6) is -0.242. The number of aromatic nitrogens is 4. The fourth-order valence-electron chi connectivity index (χ4n) is 3.83. The summed E-state index contributed by atoms with van der Waals surface area (Å²) < 4.78 is 12.9. The number of halogens is 1. The largest absolute Gasteiger partial charge is 0.443 e. The molecular weight excluding hydrogens is 474 g/mol. The zero-order valence-corrected chi connectivity index (χ0v) is 19.5. The van der Waals surface area contributed by atoms with Crippen molar-refractivity contribution in [3.63, 3.8) is 0 Å². The van der Waals surface area contributed by atoms with Crippen molar-refractivity contribution >= 4 is 40.1 Å². The van der Waals surface area contributed by atoms with Crippen molar-refractivity contribution in [2.45, 2.75) is 32.4 Å². The fraction of sp³-hybridized carbons (Fsp3) is 0.261. The van der Waals surface area contributed by atoms with E-state index in [4.69, 9.17) is 20.8 Å². The summed E-state index contributed by atoms with van der Waals surface area (Å²) in [7, 11) is 0. The Bertz CT molecular complexity index is 1390. The van der Waals surface area contributed by atoms with Gasteiger partial charge in [0.2, 0.25) is 5.89 Å². The van der Waals surface area contributed by atoms with E-state index in [1.807, 2.05) is 10.7 Å². The lowest BCUT2D eigenvalue weighted by Crippen LogP contribution is -2.44. The van der Waals surface area contributed by atoms with Crippen molar-refractivity contribution in [2.24, 2.45) is 0 Å². The van der Waals surface area contributed by atoms with E-state index < -0.39 is 11.9 Å². The molecule has 3 aromatic heterocycles. The topological polar surface area (TPSA) is 136 Å². The summed E-state index contributed by atoms with van der Waals surface area (Å²) in [6.45, 7) is 2.48. The first-order chi connectivity index (χ1) is 17.0. The number of nitrogens with one attached hydrogen (secondary N) is 3. The lowest BCUT2D eigenvalue weighted by molar-refractivity contribution is -0.0366. The third-order valence-corrected chi connectivity index (χ3v) is 5.95. The Morgan fingerprint density at radius 3 is 2.86 bits per heavy atom. The summed E-state index contributed by atoms with van der Waals surface area (Å²) in [6.07, 6.45) is 7.47. The minimum absolute atomic E-state index is 0.129. The molecule has 0 aliphatic carbocycles. The maximum Gasteiger partial charge on any atom is 0.337 e. The number of urea groups is 1. The number of anilines is 1. The number of hydrogen-bond donors (Lipinski definition) is 3. The molecule has 4 heterocycles. The van der Waals surface area contributed by atoms with Crippen molar-refractivity contribution in [3.05, 3.63) is 59.2 Å². The molecular formula is C23H22ClN7O4. The molecule has 12 heteroatoms. The molecule has 1 aromatic carbocycles. The van der Waals surface area contributed by atoms with E-state index in [-0.39, 0.29) is 11.8 Å². The lowest BCUT2D eigenvalue weighted by Gasteiger charge is -2.23. The normalized spacial score (nSPS) is 15.7. The molecule has 5 rings (SSSR count). The third-order valence-electron chi connectivity index (χ3n) is 5.54. The summed E-state index contributed by atoms with van der Waals surface area (Å²) in [5, 5.41) is 8.09. The molecule has 180 valence electrons. The number of hydrazine groups is 1. The molecule has 11 nitrogen and oxygen atoms in total. The van der Waals surface area contributed by atoms with Crippen molar-refractivity contribution in [2.75, 3.05) is 11.9 Å². The van der Waals surface area contributed by atoms with Gasteiger partial charge in [-0.3, -0.25) is 15.2 Å². The number of carbonyl (C=O) groups is 2. The monoisotopic (exact) mass is 495 g/mol. The number of oxazole rings is 1. The van der Waals surface area contributed by atoms with Gasteiger partial charge >= 0.3 is 6.03 Å². The predicted octanol–water partition coefficient (Wildman–Crippen LogP) is 4.21. The highest BCUT2D eigenvalue weighted by atomic mass is 35.5. The number of nitrogens with zero attached hydrogens (tertiary/aromatic N) is 4. The maximum atomic E-state index is 12.5. The molecule has 1 aliphatic heterocycles. The van der Waals surface area contributed by atoms with Crippen LogP contribution in [-0.2, 0) is 4.74 Å². The van der Waals surface area contributed by atoms with Gasteiger partial charge in [-0.1, -0.05) is 11.6 Å². The minimum Gasteiger partial charge on any atom is -0.443 e. The second kappa shape index (κ2) is 9.72. The number of pyridine rings is 1. The minimum atomic E-state index is -0.666. The van der Waals surface area contributed by atoms with Gasteiger partial charge in [-0.05, 0) is 50.5 Å². The number of amides is 3. The van der Waals surface area contributed by atoms with E-state index >= 15 is 0 Å². The first-order valence-corrected chi connectivity index (χ1v) is 11.4. The second-order valence-corrected chi connectivity index (χ2v) is 8.41. The number of carbonyl (C=O) groups excluding carboxylic acids is 2. The molecule has 35 heavy (non-hydrogen) atoms.